The molecule has 0 heterocycles. The minimum Gasteiger partial charge on any atom is -0.0622 e. The molecule has 8 aromatic rings. The van der Waals surface area contributed by atoms with Gasteiger partial charge < -0.3 is 0 Å². The van der Waals surface area contributed by atoms with Gasteiger partial charge in [0.25, 0.3) is 0 Å². The Kier molecular flexibility index (Phi) is 4.62. The zero-order valence-electron chi connectivity index (χ0n) is 20.9. The van der Waals surface area contributed by atoms with Crippen LogP contribution < -0.4 is 0 Å². The molecule has 0 aliphatic rings. The van der Waals surface area contributed by atoms with Crippen molar-refractivity contribution in [1.82, 2.24) is 0 Å². The quantitative estimate of drug-likeness (QED) is 0.170. The third-order valence-electron chi connectivity index (χ3n) is 7.96. The summed E-state index contributed by atoms with van der Waals surface area (Å²) in [5, 5.41) is 12.9. The van der Waals surface area contributed by atoms with Crippen molar-refractivity contribution in [3.8, 4) is 22.3 Å². The molecule has 0 bridgehead atoms. The SMILES string of the molecule is c1ccc(-c2ccccc2-c2cccc3cc4ccc5cc6cc7ccccc7cc6cc5c4cc23)cc1. The standard InChI is InChI=1S/C38H24/c1-2-9-25(10-3-1)33-14-6-7-15-34(33)35-16-8-13-28-21-29-17-18-30-22-31-19-26-11-4-5-12-27(26)20-32(31)23-36(30)38(29)24-37(28)35/h1-24H. The molecule has 0 atom stereocenters. The molecule has 0 amide bonds. The number of rotatable bonds is 2. The largest absolute Gasteiger partial charge is 0.0622 e. The topological polar surface area (TPSA) is 0 Å². The Bertz CT molecular complexity index is 2170. The van der Waals surface area contributed by atoms with E-state index in [2.05, 4.69) is 146 Å². The lowest BCUT2D eigenvalue weighted by Gasteiger charge is -2.14. The van der Waals surface area contributed by atoms with Crippen LogP contribution in [0.15, 0.2) is 146 Å². The van der Waals surface area contributed by atoms with Gasteiger partial charge in [0.15, 0.2) is 0 Å². The van der Waals surface area contributed by atoms with E-state index in [1.165, 1.54) is 76.1 Å². The molecular formula is C38H24. The van der Waals surface area contributed by atoms with Crippen molar-refractivity contribution < 1.29 is 0 Å². The van der Waals surface area contributed by atoms with Crippen LogP contribution in [0.4, 0.5) is 0 Å². The van der Waals surface area contributed by atoms with Crippen molar-refractivity contribution in [1.29, 1.82) is 0 Å². The van der Waals surface area contributed by atoms with Crippen molar-refractivity contribution in [3.63, 3.8) is 0 Å². The summed E-state index contributed by atoms with van der Waals surface area (Å²) < 4.78 is 0. The fraction of sp³-hybridized carbons (Fsp3) is 0. The van der Waals surface area contributed by atoms with E-state index in [0.29, 0.717) is 0 Å². The summed E-state index contributed by atoms with van der Waals surface area (Å²) >= 11 is 0. The lowest BCUT2D eigenvalue weighted by Crippen LogP contribution is -1.88. The Balaban J connectivity index is 1.42. The highest BCUT2D eigenvalue weighted by Gasteiger charge is 2.12. The summed E-state index contributed by atoms with van der Waals surface area (Å²) in [4.78, 5) is 0. The maximum atomic E-state index is 2.41. The first-order valence-corrected chi connectivity index (χ1v) is 13.2. The summed E-state index contributed by atoms with van der Waals surface area (Å²) in [6.07, 6.45) is 0. The highest BCUT2D eigenvalue weighted by molar-refractivity contribution is 6.18. The second kappa shape index (κ2) is 8.30. The van der Waals surface area contributed by atoms with Crippen LogP contribution in [0.25, 0.3) is 76.1 Å². The molecule has 0 radical (unpaired) electrons. The molecular weight excluding hydrogens is 456 g/mol. The van der Waals surface area contributed by atoms with Crippen molar-refractivity contribution >= 4 is 53.9 Å². The minimum absolute atomic E-state index is 1.24. The highest BCUT2D eigenvalue weighted by Crippen LogP contribution is 2.39. The van der Waals surface area contributed by atoms with E-state index in [1.54, 1.807) is 0 Å². The normalized spacial score (nSPS) is 11.7. The number of benzene rings is 8. The number of hydrogen-bond donors (Lipinski definition) is 0. The van der Waals surface area contributed by atoms with Crippen LogP contribution in [0.2, 0.25) is 0 Å². The van der Waals surface area contributed by atoms with Gasteiger partial charge in [-0.25, -0.2) is 0 Å². The first-order chi connectivity index (χ1) is 18.8. The molecule has 0 nitrogen and oxygen atoms in total. The zero-order chi connectivity index (χ0) is 25.1. The Hall–Kier alpha value is -4.94. The van der Waals surface area contributed by atoms with Crippen LogP contribution in [0.3, 0.4) is 0 Å². The van der Waals surface area contributed by atoms with Crippen LogP contribution in [-0.2, 0) is 0 Å². The van der Waals surface area contributed by atoms with Crippen molar-refractivity contribution in [3.05, 3.63) is 146 Å². The Morgan fingerprint density at radius 2 is 0.737 bits per heavy atom. The minimum atomic E-state index is 1.24. The van der Waals surface area contributed by atoms with Crippen molar-refractivity contribution in [2.24, 2.45) is 0 Å². The first-order valence-electron chi connectivity index (χ1n) is 13.2. The van der Waals surface area contributed by atoms with Gasteiger partial charge in [0.1, 0.15) is 0 Å². The van der Waals surface area contributed by atoms with Gasteiger partial charge in [-0.05, 0) is 113 Å². The van der Waals surface area contributed by atoms with Crippen LogP contribution in [0, 0.1) is 0 Å². The fourth-order valence-corrected chi connectivity index (χ4v) is 6.10. The summed E-state index contributed by atoms with van der Waals surface area (Å²) in [7, 11) is 0. The van der Waals surface area contributed by atoms with E-state index >= 15 is 0 Å². The van der Waals surface area contributed by atoms with E-state index in [-0.39, 0.29) is 0 Å². The second-order valence-electron chi connectivity index (χ2n) is 10.2. The summed E-state index contributed by atoms with van der Waals surface area (Å²) in [5.41, 5.74) is 5.04. The van der Waals surface area contributed by atoms with Gasteiger partial charge in [-0.1, -0.05) is 109 Å². The zero-order valence-corrected chi connectivity index (χ0v) is 20.9. The molecule has 0 spiro atoms. The maximum absolute atomic E-state index is 2.41. The monoisotopic (exact) mass is 480 g/mol. The average Bonchev–Trinajstić information content (AvgIpc) is 2.98. The lowest BCUT2D eigenvalue weighted by molar-refractivity contribution is 1.60. The van der Waals surface area contributed by atoms with Gasteiger partial charge in [-0.15, -0.1) is 0 Å². The van der Waals surface area contributed by atoms with E-state index in [9.17, 15) is 0 Å². The molecule has 0 aliphatic carbocycles. The fourth-order valence-electron chi connectivity index (χ4n) is 6.10. The smallest absolute Gasteiger partial charge is 0.00986 e. The molecule has 8 rings (SSSR count). The van der Waals surface area contributed by atoms with Crippen LogP contribution >= 0.6 is 0 Å². The van der Waals surface area contributed by atoms with Crippen LogP contribution in [0.5, 0.6) is 0 Å². The van der Waals surface area contributed by atoms with E-state index < -0.39 is 0 Å². The molecule has 0 saturated carbocycles. The summed E-state index contributed by atoms with van der Waals surface area (Å²) in [5.74, 6) is 0. The van der Waals surface area contributed by atoms with Gasteiger partial charge in [0.05, 0.1) is 0 Å². The molecule has 0 N–H and O–H groups in total. The van der Waals surface area contributed by atoms with E-state index in [4.69, 9.17) is 0 Å². The molecule has 8 aromatic carbocycles. The van der Waals surface area contributed by atoms with E-state index in [0.717, 1.165) is 0 Å². The average molecular weight is 481 g/mol. The van der Waals surface area contributed by atoms with Gasteiger partial charge in [0.2, 0.25) is 0 Å². The van der Waals surface area contributed by atoms with Gasteiger partial charge in [-0.2, -0.15) is 0 Å². The van der Waals surface area contributed by atoms with Gasteiger partial charge in [0, 0.05) is 0 Å². The van der Waals surface area contributed by atoms with Crippen molar-refractivity contribution in [2.45, 2.75) is 0 Å². The summed E-state index contributed by atoms with van der Waals surface area (Å²) in [6, 6.07) is 53.4. The molecule has 0 aliphatic heterocycles. The predicted octanol–water partition coefficient (Wildman–Crippen LogP) is 10.8. The Morgan fingerprint density at radius 3 is 1.50 bits per heavy atom. The second-order valence-corrected chi connectivity index (χ2v) is 10.2. The molecule has 0 aromatic heterocycles. The maximum Gasteiger partial charge on any atom is -0.00986 e. The molecule has 0 fully saturated rings. The van der Waals surface area contributed by atoms with Crippen LogP contribution in [0.1, 0.15) is 0 Å². The predicted molar refractivity (Wildman–Crippen MR) is 165 cm³/mol. The molecule has 0 unspecified atom stereocenters. The molecule has 176 valence electrons. The molecule has 0 saturated heterocycles. The highest BCUT2D eigenvalue weighted by atomic mass is 14.2. The third kappa shape index (κ3) is 3.31. The molecule has 38 heavy (non-hydrogen) atoms. The number of hydrogen-bond acceptors (Lipinski definition) is 0. The molecule has 0 heteroatoms. The first kappa shape index (κ1) is 21.2. The lowest BCUT2D eigenvalue weighted by atomic mass is 9.89. The van der Waals surface area contributed by atoms with E-state index in [1.807, 2.05) is 0 Å². The van der Waals surface area contributed by atoms with Gasteiger partial charge >= 0.3 is 0 Å². The number of fused-ring (bicyclic) bond motifs is 6. The van der Waals surface area contributed by atoms with Gasteiger partial charge in [-0.3, -0.25) is 0 Å². The summed E-state index contributed by atoms with van der Waals surface area (Å²) in [6.45, 7) is 0. The van der Waals surface area contributed by atoms with Crippen molar-refractivity contribution in [2.75, 3.05) is 0 Å². The third-order valence-corrected chi connectivity index (χ3v) is 7.96. The Morgan fingerprint density at radius 1 is 0.237 bits per heavy atom. The Labute approximate surface area is 221 Å². The van der Waals surface area contributed by atoms with Crippen LogP contribution in [-0.4, -0.2) is 0 Å².